The molecule has 0 saturated heterocycles. The maximum Gasteiger partial charge on any atom is 0.438 e. The Morgan fingerprint density at radius 2 is 1.79 bits per heavy atom. The van der Waals surface area contributed by atoms with Gasteiger partial charge in [-0.2, -0.15) is 0 Å². The molecule has 0 radical (unpaired) electrons. The lowest BCUT2D eigenvalue weighted by Gasteiger charge is -2.35. The van der Waals surface area contributed by atoms with Crippen molar-refractivity contribution in [2.75, 3.05) is 0 Å². The van der Waals surface area contributed by atoms with E-state index in [0.29, 0.717) is 24.6 Å². The molecule has 0 aliphatic heterocycles. The van der Waals surface area contributed by atoms with Crippen molar-refractivity contribution in [2.24, 2.45) is 5.92 Å². The normalized spacial score (nSPS) is 11.8. The van der Waals surface area contributed by atoms with E-state index in [-0.39, 0.29) is 6.54 Å². The molecule has 1 amide bonds. The molecule has 0 bridgehead atoms. The van der Waals surface area contributed by atoms with Gasteiger partial charge in [-0.05, 0) is 63.6 Å². The monoisotopic (exact) mass is 466 g/mol. The van der Waals surface area contributed by atoms with Gasteiger partial charge in [-0.1, -0.05) is 48.8 Å². The summed E-state index contributed by atoms with van der Waals surface area (Å²) >= 11 is 0. The van der Waals surface area contributed by atoms with Crippen molar-refractivity contribution in [1.29, 1.82) is 0 Å². The van der Waals surface area contributed by atoms with Crippen molar-refractivity contribution in [3.8, 4) is 11.1 Å². The number of hydrogen-bond acceptors (Lipinski definition) is 5. The van der Waals surface area contributed by atoms with E-state index in [2.05, 4.69) is 24.0 Å². The second-order valence-corrected chi connectivity index (χ2v) is 10.2. The summed E-state index contributed by atoms with van der Waals surface area (Å²) in [4.78, 5) is 32.8. The van der Waals surface area contributed by atoms with Gasteiger partial charge in [0.25, 0.3) is 0 Å². The molecular formula is C26H34N4O4. The van der Waals surface area contributed by atoms with Gasteiger partial charge in [0.1, 0.15) is 0 Å². The molecule has 0 atom stereocenters. The lowest BCUT2D eigenvalue weighted by atomic mass is 9.87. The molecule has 2 N–H and O–H groups in total. The van der Waals surface area contributed by atoms with Crippen LogP contribution in [0.2, 0.25) is 0 Å². The molecule has 182 valence electrons. The van der Waals surface area contributed by atoms with Crippen LogP contribution in [-0.4, -0.2) is 36.8 Å². The molecule has 1 aromatic carbocycles. The highest BCUT2D eigenvalue weighted by Gasteiger charge is 2.30. The van der Waals surface area contributed by atoms with Crippen LogP contribution in [0.1, 0.15) is 68.5 Å². The molecule has 2 aromatic heterocycles. The SMILES string of the molecule is Cc1ccc(-c2c(Cc3noc(=O)[nH]3)c(C)nc(CC(C)C)c2CN(C(=O)O)C(C)(C)C)cc1. The molecule has 3 aromatic rings. The van der Waals surface area contributed by atoms with E-state index in [1.54, 1.807) is 0 Å². The van der Waals surface area contributed by atoms with Crippen molar-refractivity contribution < 1.29 is 14.4 Å². The third kappa shape index (κ3) is 5.73. The van der Waals surface area contributed by atoms with Gasteiger partial charge in [0, 0.05) is 28.9 Å². The van der Waals surface area contributed by atoms with Crippen molar-refractivity contribution in [3.05, 3.63) is 68.7 Å². The van der Waals surface area contributed by atoms with E-state index >= 15 is 0 Å². The van der Waals surface area contributed by atoms with Crippen LogP contribution in [-0.2, 0) is 19.4 Å². The van der Waals surface area contributed by atoms with Crippen LogP contribution in [0.5, 0.6) is 0 Å². The predicted octanol–water partition coefficient (Wildman–Crippen LogP) is 5.11. The summed E-state index contributed by atoms with van der Waals surface area (Å²) in [5.41, 5.74) is 5.89. The number of pyridine rings is 1. The van der Waals surface area contributed by atoms with Crippen LogP contribution >= 0.6 is 0 Å². The Hall–Kier alpha value is -3.42. The molecule has 0 spiro atoms. The highest BCUT2D eigenvalue weighted by Crippen LogP contribution is 2.35. The first kappa shape index (κ1) is 25.2. The van der Waals surface area contributed by atoms with E-state index in [4.69, 9.17) is 9.51 Å². The third-order valence-corrected chi connectivity index (χ3v) is 5.82. The van der Waals surface area contributed by atoms with E-state index in [1.807, 2.05) is 58.9 Å². The zero-order valence-electron chi connectivity index (χ0n) is 21.0. The number of aryl methyl sites for hydroxylation is 2. The van der Waals surface area contributed by atoms with Crippen LogP contribution < -0.4 is 5.76 Å². The second kappa shape index (κ2) is 9.83. The molecule has 0 aliphatic carbocycles. The lowest BCUT2D eigenvalue weighted by Crippen LogP contribution is -2.44. The number of carboxylic acid groups (broad SMARTS) is 1. The fraction of sp³-hybridized carbons (Fsp3) is 0.462. The maximum absolute atomic E-state index is 12.3. The highest BCUT2D eigenvalue weighted by atomic mass is 16.5. The fourth-order valence-electron chi connectivity index (χ4n) is 4.11. The topological polar surface area (TPSA) is 112 Å². The number of nitrogens with zero attached hydrogens (tertiary/aromatic N) is 3. The van der Waals surface area contributed by atoms with Gasteiger partial charge in [0.2, 0.25) is 0 Å². The summed E-state index contributed by atoms with van der Waals surface area (Å²) in [6.45, 7) is 14.1. The highest BCUT2D eigenvalue weighted by molar-refractivity contribution is 5.74. The van der Waals surface area contributed by atoms with Crippen LogP contribution in [0, 0.1) is 19.8 Å². The maximum atomic E-state index is 12.3. The molecule has 8 nitrogen and oxygen atoms in total. The fourth-order valence-corrected chi connectivity index (χ4v) is 4.11. The summed E-state index contributed by atoms with van der Waals surface area (Å²) in [6, 6.07) is 8.17. The van der Waals surface area contributed by atoms with Crippen LogP contribution in [0.4, 0.5) is 4.79 Å². The van der Waals surface area contributed by atoms with E-state index in [1.165, 1.54) is 4.90 Å². The largest absolute Gasteiger partial charge is 0.465 e. The number of rotatable bonds is 7. The molecule has 0 saturated carbocycles. The number of carbonyl (C=O) groups is 1. The zero-order valence-corrected chi connectivity index (χ0v) is 21.0. The Morgan fingerprint density at radius 3 is 2.29 bits per heavy atom. The van der Waals surface area contributed by atoms with E-state index in [9.17, 15) is 14.7 Å². The third-order valence-electron chi connectivity index (χ3n) is 5.82. The van der Waals surface area contributed by atoms with E-state index < -0.39 is 17.4 Å². The molecule has 0 unspecified atom stereocenters. The number of benzene rings is 1. The van der Waals surface area contributed by atoms with Gasteiger partial charge in [0.15, 0.2) is 5.82 Å². The Bertz CT molecular complexity index is 1220. The number of nitrogens with one attached hydrogen (secondary N) is 1. The van der Waals surface area contributed by atoms with Gasteiger partial charge in [-0.15, -0.1) is 0 Å². The zero-order chi connectivity index (χ0) is 25.2. The van der Waals surface area contributed by atoms with Crippen molar-refractivity contribution in [2.45, 2.75) is 73.4 Å². The van der Waals surface area contributed by atoms with Crippen molar-refractivity contribution in [3.63, 3.8) is 0 Å². The minimum Gasteiger partial charge on any atom is -0.465 e. The Morgan fingerprint density at radius 1 is 1.15 bits per heavy atom. The van der Waals surface area contributed by atoms with Gasteiger partial charge >= 0.3 is 11.8 Å². The minimum absolute atomic E-state index is 0.194. The molecule has 0 fully saturated rings. The number of aromatic nitrogens is 3. The van der Waals surface area contributed by atoms with Gasteiger partial charge < -0.3 is 5.11 Å². The van der Waals surface area contributed by atoms with Gasteiger partial charge in [-0.25, -0.2) is 9.59 Å². The van der Waals surface area contributed by atoms with Crippen molar-refractivity contribution in [1.82, 2.24) is 20.0 Å². The predicted molar refractivity (Wildman–Crippen MR) is 131 cm³/mol. The van der Waals surface area contributed by atoms with Gasteiger partial charge in [0.05, 0.1) is 6.54 Å². The summed E-state index contributed by atoms with van der Waals surface area (Å²) in [5, 5.41) is 13.9. The quantitative estimate of drug-likeness (QED) is 0.500. The summed E-state index contributed by atoms with van der Waals surface area (Å²) < 4.78 is 4.72. The average molecular weight is 467 g/mol. The average Bonchev–Trinajstić information content (AvgIpc) is 3.12. The second-order valence-electron chi connectivity index (χ2n) is 10.2. The summed E-state index contributed by atoms with van der Waals surface area (Å²) in [7, 11) is 0. The smallest absolute Gasteiger partial charge is 0.438 e. The first-order chi connectivity index (χ1) is 15.9. The Balaban J connectivity index is 2.33. The number of amides is 1. The molecule has 0 aliphatic rings. The standard InChI is InChI=1S/C26H34N4O4/c1-15(2)12-21-20(14-30(25(32)33)26(5,6)7)23(18-10-8-16(3)9-11-18)19(17(4)27-21)13-22-28-24(31)34-29-22/h8-11,15H,12-14H2,1-7H3,(H,32,33)(H,28,29,31). The Labute approximate surface area is 200 Å². The number of aromatic amines is 1. The van der Waals surface area contributed by atoms with Gasteiger partial charge in [-0.3, -0.25) is 19.4 Å². The first-order valence-electron chi connectivity index (χ1n) is 11.5. The minimum atomic E-state index is -0.985. The first-order valence-corrected chi connectivity index (χ1v) is 11.5. The van der Waals surface area contributed by atoms with Crippen LogP contribution in [0.25, 0.3) is 11.1 Å². The van der Waals surface area contributed by atoms with Crippen LogP contribution in [0.3, 0.4) is 0 Å². The molecule has 2 heterocycles. The molecule has 34 heavy (non-hydrogen) atoms. The molecule has 8 heteroatoms. The lowest BCUT2D eigenvalue weighted by molar-refractivity contribution is 0.0954. The number of hydrogen-bond donors (Lipinski definition) is 2. The van der Waals surface area contributed by atoms with E-state index in [0.717, 1.165) is 39.2 Å². The number of H-pyrrole nitrogens is 1. The van der Waals surface area contributed by atoms with Crippen LogP contribution in [0.15, 0.2) is 33.6 Å². The molecular weight excluding hydrogens is 432 g/mol. The van der Waals surface area contributed by atoms with Crippen molar-refractivity contribution >= 4 is 6.09 Å². The summed E-state index contributed by atoms with van der Waals surface area (Å²) in [6.07, 6.45) is 0.0415. The summed E-state index contributed by atoms with van der Waals surface area (Å²) in [5.74, 6) is 0.123. The Kier molecular flexibility index (Phi) is 7.29. The molecule has 3 rings (SSSR count).